The van der Waals surface area contributed by atoms with Crippen molar-refractivity contribution in [3.05, 3.63) is 42.7 Å². The van der Waals surface area contributed by atoms with E-state index in [0.29, 0.717) is 6.61 Å². The number of imidazole rings is 1. The molecule has 0 bridgehead atoms. The zero-order valence-corrected chi connectivity index (χ0v) is 12.0. The maximum Gasteiger partial charge on any atom is 0.329 e. The molecule has 1 unspecified atom stereocenters. The lowest BCUT2D eigenvalue weighted by Gasteiger charge is -2.18. The molecule has 2 rings (SSSR count). The number of esters is 1. The lowest BCUT2D eigenvalue weighted by atomic mass is 10.1. The quantitative estimate of drug-likeness (QED) is 0.756. The van der Waals surface area contributed by atoms with Crippen LogP contribution < -0.4 is 0 Å². The lowest BCUT2D eigenvalue weighted by molar-refractivity contribution is -0.147. The summed E-state index contributed by atoms with van der Waals surface area (Å²) in [6.07, 6.45) is 5.23. The molecule has 0 aliphatic heterocycles. The van der Waals surface area contributed by atoms with Gasteiger partial charge in [-0.25, -0.2) is 9.78 Å². The third-order valence-corrected chi connectivity index (χ3v) is 3.16. The second-order valence-corrected chi connectivity index (χ2v) is 4.58. The molecule has 1 atom stereocenters. The molecule has 106 valence electrons. The molecule has 0 saturated heterocycles. The molecule has 1 aromatic carbocycles. The van der Waals surface area contributed by atoms with E-state index >= 15 is 0 Å². The average Bonchev–Trinajstić information content (AvgIpc) is 2.95. The van der Waals surface area contributed by atoms with Gasteiger partial charge in [-0.15, -0.1) is 0 Å². The Morgan fingerprint density at radius 1 is 1.30 bits per heavy atom. The highest BCUT2D eigenvalue weighted by Gasteiger charge is 2.23. The van der Waals surface area contributed by atoms with Crippen LogP contribution in [0.3, 0.4) is 0 Å². The first-order valence-electron chi connectivity index (χ1n) is 7.02. The monoisotopic (exact) mass is 272 g/mol. The third-order valence-electron chi connectivity index (χ3n) is 3.16. The summed E-state index contributed by atoms with van der Waals surface area (Å²) < 4.78 is 7.10. The third kappa shape index (κ3) is 3.07. The van der Waals surface area contributed by atoms with E-state index in [1.807, 2.05) is 48.0 Å². The summed E-state index contributed by atoms with van der Waals surface area (Å²) >= 11 is 0. The highest BCUT2D eigenvalue weighted by atomic mass is 16.5. The molecule has 0 fully saturated rings. The molecule has 0 saturated carbocycles. The van der Waals surface area contributed by atoms with Crippen LogP contribution in [-0.2, 0) is 9.53 Å². The van der Waals surface area contributed by atoms with Gasteiger partial charge in [-0.1, -0.05) is 43.7 Å². The van der Waals surface area contributed by atoms with Crippen molar-refractivity contribution in [1.29, 1.82) is 0 Å². The topological polar surface area (TPSA) is 44.1 Å². The largest absolute Gasteiger partial charge is 0.464 e. The Bertz CT molecular complexity index is 549. The fraction of sp³-hybridized carbons (Fsp3) is 0.375. The van der Waals surface area contributed by atoms with Crippen LogP contribution in [0.25, 0.3) is 11.4 Å². The minimum atomic E-state index is -0.308. The summed E-state index contributed by atoms with van der Waals surface area (Å²) in [6.45, 7) is 4.28. The number of nitrogens with zero attached hydrogens (tertiary/aromatic N) is 2. The Hall–Kier alpha value is -2.10. The number of carbonyl (C=O) groups is 1. The van der Waals surface area contributed by atoms with Crippen LogP contribution in [0, 0.1) is 0 Å². The van der Waals surface area contributed by atoms with E-state index in [9.17, 15) is 4.79 Å². The molecule has 4 nitrogen and oxygen atoms in total. The molecule has 20 heavy (non-hydrogen) atoms. The van der Waals surface area contributed by atoms with Crippen molar-refractivity contribution < 1.29 is 9.53 Å². The van der Waals surface area contributed by atoms with E-state index in [2.05, 4.69) is 11.9 Å². The molecule has 2 aromatic rings. The Kier molecular flexibility index (Phi) is 4.93. The van der Waals surface area contributed by atoms with Gasteiger partial charge in [0.1, 0.15) is 11.9 Å². The van der Waals surface area contributed by atoms with E-state index in [-0.39, 0.29) is 12.0 Å². The molecule has 0 aliphatic rings. The molecule has 1 aromatic heterocycles. The van der Waals surface area contributed by atoms with Gasteiger partial charge in [-0.3, -0.25) is 0 Å². The number of benzene rings is 1. The van der Waals surface area contributed by atoms with Gasteiger partial charge in [0, 0.05) is 18.0 Å². The zero-order chi connectivity index (χ0) is 14.4. The van der Waals surface area contributed by atoms with Crippen molar-refractivity contribution in [2.45, 2.75) is 32.7 Å². The zero-order valence-electron chi connectivity index (χ0n) is 12.0. The van der Waals surface area contributed by atoms with Crippen molar-refractivity contribution in [3.8, 4) is 11.4 Å². The van der Waals surface area contributed by atoms with Crippen LogP contribution in [0.4, 0.5) is 0 Å². The van der Waals surface area contributed by atoms with Gasteiger partial charge in [-0.05, 0) is 13.3 Å². The summed E-state index contributed by atoms with van der Waals surface area (Å²) in [7, 11) is 0. The Morgan fingerprint density at radius 2 is 2.05 bits per heavy atom. The number of hydrogen-bond donors (Lipinski definition) is 0. The fourth-order valence-electron chi connectivity index (χ4n) is 2.26. The van der Waals surface area contributed by atoms with Crippen molar-refractivity contribution in [2.24, 2.45) is 0 Å². The van der Waals surface area contributed by atoms with Crippen molar-refractivity contribution in [2.75, 3.05) is 6.61 Å². The SMILES string of the molecule is CCCC(C(=O)OCC)n1ccnc1-c1ccccc1. The maximum atomic E-state index is 12.1. The summed E-state index contributed by atoms with van der Waals surface area (Å²) in [5.41, 5.74) is 1.00. The van der Waals surface area contributed by atoms with Gasteiger partial charge >= 0.3 is 5.97 Å². The number of hydrogen-bond acceptors (Lipinski definition) is 3. The Morgan fingerprint density at radius 3 is 2.70 bits per heavy atom. The van der Waals surface area contributed by atoms with Gasteiger partial charge in [0.25, 0.3) is 0 Å². The molecular weight excluding hydrogens is 252 g/mol. The van der Waals surface area contributed by atoms with E-state index in [0.717, 1.165) is 24.2 Å². The highest BCUT2D eigenvalue weighted by Crippen LogP contribution is 2.24. The summed E-state index contributed by atoms with van der Waals surface area (Å²) in [5, 5.41) is 0. The minimum Gasteiger partial charge on any atom is -0.464 e. The van der Waals surface area contributed by atoms with Crippen molar-refractivity contribution in [3.63, 3.8) is 0 Å². The maximum absolute atomic E-state index is 12.1. The predicted molar refractivity (Wildman–Crippen MR) is 78.2 cm³/mol. The molecule has 0 amide bonds. The van der Waals surface area contributed by atoms with Crippen molar-refractivity contribution >= 4 is 5.97 Å². The van der Waals surface area contributed by atoms with Gasteiger partial charge in [-0.2, -0.15) is 0 Å². The second kappa shape index (κ2) is 6.89. The smallest absolute Gasteiger partial charge is 0.329 e. The average molecular weight is 272 g/mol. The molecule has 0 N–H and O–H groups in total. The predicted octanol–water partition coefficient (Wildman–Crippen LogP) is 3.45. The second-order valence-electron chi connectivity index (χ2n) is 4.58. The van der Waals surface area contributed by atoms with Crippen LogP contribution in [0.2, 0.25) is 0 Å². The van der Waals surface area contributed by atoms with E-state index in [1.165, 1.54) is 0 Å². The number of carbonyl (C=O) groups excluding carboxylic acids is 1. The summed E-state index contributed by atoms with van der Waals surface area (Å²) in [6, 6.07) is 9.57. The van der Waals surface area contributed by atoms with Gasteiger partial charge < -0.3 is 9.30 Å². The van der Waals surface area contributed by atoms with Gasteiger partial charge in [0.2, 0.25) is 0 Å². The van der Waals surface area contributed by atoms with Crippen molar-refractivity contribution in [1.82, 2.24) is 9.55 Å². The van der Waals surface area contributed by atoms with Crippen LogP contribution in [-0.4, -0.2) is 22.1 Å². The van der Waals surface area contributed by atoms with Gasteiger partial charge in [0.05, 0.1) is 6.61 Å². The van der Waals surface area contributed by atoms with Crippen LogP contribution in [0.5, 0.6) is 0 Å². The van der Waals surface area contributed by atoms with Crippen LogP contribution >= 0.6 is 0 Å². The first-order valence-corrected chi connectivity index (χ1v) is 7.02. The molecule has 4 heteroatoms. The highest BCUT2D eigenvalue weighted by molar-refractivity contribution is 5.75. The Labute approximate surface area is 119 Å². The molecule has 0 radical (unpaired) electrons. The first kappa shape index (κ1) is 14.3. The summed E-state index contributed by atoms with van der Waals surface area (Å²) in [5.74, 6) is 0.613. The molecule has 1 heterocycles. The van der Waals surface area contributed by atoms with E-state index in [4.69, 9.17) is 4.74 Å². The standard InChI is InChI=1S/C16H20N2O2/c1-3-8-14(16(19)20-4-2)18-12-11-17-15(18)13-9-6-5-7-10-13/h5-7,9-12,14H,3-4,8H2,1-2H3. The van der Waals surface area contributed by atoms with E-state index in [1.54, 1.807) is 6.20 Å². The molecular formula is C16H20N2O2. The van der Waals surface area contributed by atoms with E-state index < -0.39 is 0 Å². The summed E-state index contributed by atoms with van der Waals surface area (Å²) in [4.78, 5) is 16.5. The molecule has 0 aliphatic carbocycles. The van der Waals surface area contributed by atoms with Crippen LogP contribution in [0.1, 0.15) is 32.7 Å². The first-order chi connectivity index (χ1) is 9.77. The lowest BCUT2D eigenvalue weighted by Crippen LogP contribution is -2.22. The number of ether oxygens (including phenoxy) is 1. The number of aromatic nitrogens is 2. The van der Waals surface area contributed by atoms with Gasteiger partial charge in [0.15, 0.2) is 0 Å². The fourth-order valence-corrected chi connectivity index (χ4v) is 2.26. The minimum absolute atomic E-state index is 0.190. The Balaban J connectivity index is 2.35. The molecule has 0 spiro atoms. The normalized spacial score (nSPS) is 12.1. The number of rotatable bonds is 6. The van der Waals surface area contributed by atoms with Crippen LogP contribution in [0.15, 0.2) is 42.7 Å².